The molecule has 0 fully saturated rings. The van der Waals surface area contributed by atoms with Gasteiger partial charge < -0.3 is 0 Å². The van der Waals surface area contributed by atoms with E-state index < -0.39 is 14.3 Å². The normalized spacial score (nSPS) is 9.60. The Morgan fingerprint density at radius 3 is 1.30 bits per heavy atom. The summed E-state index contributed by atoms with van der Waals surface area (Å²) in [5, 5.41) is 1.31. The average Bonchev–Trinajstić information content (AvgIpc) is 1.62. The van der Waals surface area contributed by atoms with E-state index in [4.69, 9.17) is 11.6 Å². The van der Waals surface area contributed by atoms with Crippen LogP contribution in [0.1, 0.15) is 0 Å². The average molecular weight is 284 g/mol. The molecule has 62 valence electrons. The summed E-state index contributed by atoms with van der Waals surface area (Å²) in [5.74, 6) is 12.5. The fourth-order valence-electron chi connectivity index (χ4n) is 0.189. The summed E-state index contributed by atoms with van der Waals surface area (Å²) in [7, 11) is 0. The van der Waals surface area contributed by atoms with E-state index in [1.165, 1.54) is 5.25 Å². The zero-order chi connectivity index (χ0) is 8.57. The summed E-state index contributed by atoms with van der Waals surface area (Å²) in [6.07, 6.45) is 0. The van der Waals surface area contributed by atoms with Crippen LogP contribution < -0.4 is 0 Å². The Morgan fingerprint density at radius 2 is 1.30 bits per heavy atom. The van der Waals surface area contributed by atoms with Gasteiger partial charge in [-0.25, -0.2) is 0 Å². The molecule has 0 atom stereocenters. The zero-order valence-electron chi connectivity index (χ0n) is 7.79. The van der Waals surface area contributed by atoms with Gasteiger partial charge in [0.2, 0.25) is 0 Å². The van der Waals surface area contributed by atoms with Crippen LogP contribution >= 0.6 is 11.6 Å². The summed E-state index contributed by atoms with van der Waals surface area (Å²) < 4.78 is 0. The van der Waals surface area contributed by atoms with Crippen LogP contribution in [0, 0.1) is 0 Å². The second-order valence-electron chi connectivity index (χ2n) is 3.15. The van der Waals surface area contributed by atoms with Gasteiger partial charge in [-0.3, -0.25) is 0 Å². The molecule has 0 saturated carbocycles. The monoisotopic (exact) mass is 286 g/mol. The van der Waals surface area contributed by atoms with Gasteiger partial charge in [-0.05, 0) is 0 Å². The Labute approximate surface area is 79.9 Å². The van der Waals surface area contributed by atoms with Gasteiger partial charge in [-0.15, -0.1) is 0 Å². The molecule has 0 bridgehead atoms. The topological polar surface area (TPSA) is 0 Å². The molecule has 0 heterocycles. The van der Waals surface area contributed by atoms with Crippen molar-refractivity contribution in [1.82, 2.24) is 0 Å². The number of alkyl halides is 1. The second kappa shape index (κ2) is 10.4. The zero-order valence-corrected chi connectivity index (χ0v) is 12.7. The van der Waals surface area contributed by atoms with Gasteiger partial charge in [-0.2, -0.15) is 0 Å². The third kappa shape index (κ3) is 34.4. The molecule has 0 aliphatic rings. The molecule has 0 saturated heterocycles. The van der Waals surface area contributed by atoms with E-state index in [0.29, 0.717) is 0 Å². The third-order valence-corrected chi connectivity index (χ3v) is 4.07. The van der Waals surface area contributed by atoms with Crippen LogP contribution in [0.5, 0.6) is 0 Å². The molecule has 0 N–H and O–H groups in total. The van der Waals surface area contributed by atoms with Crippen LogP contribution in [0.15, 0.2) is 0 Å². The fraction of sp³-hybridized carbons (Fsp3) is 1.00. The predicted molar refractivity (Wildman–Crippen MR) is 56.4 cm³/mol. The number of hydrogen-bond acceptors (Lipinski definition) is 0. The molecule has 0 aliphatic carbocycles. The van der Waals surface area contributed by atoms with Gasteiger partial charge in [0.05, 0.1) is 0 Å². The van der Waals surface area contributed by atoms with Gasteiger partial charge >= 0.3 is 80.2 Å². The predicted octanol–water partition coefficient (Wildman–Crippen LogP) is 3.35. The van der Waals surface area contributed by atoms with Crippen molar-refractivity contribution in [2.75, 3.05) is 5.88 Å². The van der Waals surface area contributed by atoms with E-state index in [2.05, 4.69) is 28.8 Å². The Morgan fingerprint density at radius 1 is 1.00 bits per heavy atom. The Balaban J connectivity index is 0. The molecular weight excluding hydrogens is 265 g/mol. The van der Waals surface area contributed by atoms with Gasteiger partial charge in [0.25, 0.3) is 0 Å². The number of rotatable bonds is 2. The van der Waals surface area contributed by atoms with Crippen LogP contribution in [-0.4, -0.2) is 34.6 Å². The first kappa shape index (κ1) is 13.9. The fourth-order valence-corrected chi connectivity index (χ4v) is 2.95. The minimum atomic E-state index is -0.516. The molecular formula is C7H19ClGe2. The van der Waals surface area contributed by atoms with E-state index in [1.54, 1.807) is 0 Å². The molecule has 3 heteroatoms. The number of hydrogen-bond donors (Lipinski definition) is 0. The van der Waals surface area contributed by atoms with E-state index in [-0.39, 0.29) is 14.3 Å². The molecule has 0 rings (SSSR count). The summed E-state index contributed by atoms with van der Waals surface area (Å²) >= 11 is 4.59. The Hall–Kier alpha value is 1.38. The first-order valence-corrected chi connectivity index (χ1v) is 16.1. The molecule has 0 aromatic rings. The first-order valence-electron chi connectivity index (χ1n) is 3.62. The summed E-state index contributed by atoms with van der Waals surface area (Å²) in [5.41, 5.74) is 0. The van der Waals surface area contributed by atoms with Gasteiger partial charge in [0.15, 0.2) is 0 Å². The third-order valence-electron chi connectivity index (χ3n) is 0.594. The molecule has 0 nitrogen and oxygen atoms in total. The van der Waals surface area contributed by atoms with Crippen LogP contribution in [0.4, 0.5) is 0 Å². The van der Waals surface area contributed by atoms with Crippen molar-refractivity contribution in [3.63, 3.8) is 0 Å². The van der Waals surface area contributed by atoms with Crippen molar-refractivity contribution in [2.24, 2.45) is 0 Å². The van der Waals surface area contributed by atoms with E-state index in [1.807, 2.05) is 0 Å². The SMILES string of the molecule is [CH3][Ge]([CH3])[CH2]CCl.[CH3][Ge]([CH3])[CH3]. The quantitative estimate of drug-likeness (QED) is 0.539. The molecule has 0 aliphatic heterocycles. The first-order chi connectivity index (χ1) is 4.50. The van der Waals surface area contributed by atoms with Crippen molar-refractivity contribution in [1.29, 1.82) is 0 Å². The van der Waals surface area contributed by atoms with Gasteiger partial charge in [0, 0.05) is 0 Å². The van der Waals surface area contributed by atoms with Crippen LogP contribution in [0.25, 0.3) is 0 Å². The van der Waals surface area contributed by atoms with Crippen LogP contribution in [0.2, 0.25) is 34.0 Å². The minimum absolute atomic E-state index is 0.333. The molecule has 0 aromatic heterocycles. The van der Waals surface area contributed by atoms with Crippen LogP contribution in [0.3, 0.4) is 0 Å². The molecule has 0 amide bonds. The van der Waals surface area contributed by atoms with E-state index in [9.17, 15) is 0 Å². The van der Waals surface area contributed by atoms with Crippen molar-refractivity contribution in [3.05, 3.63) is 0 Å². The molecule has 2 radical (unpaired) electrons. The van der Waals surface area contributed by atoms with Crippen molar-refractivity contribution < 1.29 is 0 Å². The maximum absolute atomic E-state index is 5.44. The summed E-state index contributed by atoms with van der Waals surface area (Å²) in [6.45, 7) is 0. The number of halogens is 1. The summed E-state index contributed by atoms with van der Waals surface area (Å²) in [4.78, 5) is 0. The second-order valence-corrected chi connectivity index (χ2v) is 15.9. The van der Waals surface area contributed by atoms with E-state index in [0.717, 1.165) is 5.88 Å². The van der Waals surface area contributed by atoms with Crippen molar-refractivity contribution in [3.8, 4) is 0 Å². The molecule has 10 heavy (non-hydrogen) atoms. The van der Waals surface area contributed by atoms with Crippen molar-refractivity contribution >= 4 is 40.3 Å². The van der Waals surface area contributed by atoms with E-state index >= 15 is 0 Å². The summed E-state index contributed by atoms with van der Waals surface area (Å²) in [6, 6.07) is 0. The Kier molecular flexibility index (Phi) is 14.5. The maximum atomic E-state index is 5.44. The van der Waals surface area contributed by atoms with Gasteiger partial charge in [0.1, 0.15) is 0 Å². The molecule has 0 aromatic carbocycles. The Bertz CT molecular complexity index is 52.8. The van der Waals surface area contributed by atoms with Gasteiger partial charge in [-0.1, -0.05) is 0 Å². The van der Waals surface area contributed by atoms with Crippen molar-refractivity contribution in [2.45, 2.75) is 34.0 Å². The molecule has 0 unspecified atom stereocenters. The van der Waals surface area contributed by atoms with Crippen LogP contribution in [-0.2, 0) is 0 Å². The standard InChI is InChI=1S/C4H10ClGe.C3H9Ge/c1-6(2)4-3-5;1-4(2)3/h3-4H2,1-2H3;1-3H3. The molecule has 0 spiro atoms.